The molecule has 8 aliphatic heterocycles. The van der Waals surface area contributed by atoms with E-state index in [1.165, 1.54) is 38.5 Å². The van der Waals surface area contributed by atoms with Gasteiger partial charge in [-0.25, -0.2) is 0 Å². The fourth-order valence-corrected chi connectivity index (χ4v) is 8.03. The van der Waals surface area contributed by atoms with Crippen LogP contribution in [0.4, 0.5) is 0 Å². The number of benzene rings is 1. The van der Waals surface area contributed by atoms with Gasteiger partial charge in [-0.1, -0.05) is 122 Å². The van der Waals surface area contributed by atoms with Gasteiger partial charge in [-0.3, -0.25) is 4.79 Å². The normalized spacial score (nSPS) is 28.0. The Balaban J connectivity index is 0.000000316. The molecule has 0 amide bonds. The van der Waals surface area contributed by atoms with Crippen LogP contribution >= 0.6 is 0 Å². The van der Waals surface area contributed by atoms with Crippen molar-refractivity contribution in [3.63, 3.8) is 0 Å². The molecule has 0 aromatic heterocycles. The summed E-state index contributed by atoms with van der Waals surface area (Å²) in [4.78, 5) is 10.4. The highest BCUT2D eigenvalue weighted by atomic mass is 16.6. The van der Waals surface area contributed by atoms with Crippen molar-refractivity contribution < 1.29 is 88.6 Å². The number of aliphatic hydroxyl groups excluding tert-OH is 7. The molecule has 8 aliphatic rings. The molecule has 0 spiro atoms. The number of hydrogen-bond donors (Lipinski definition) is 9. The van der Waals surface area contributed by atoms with Crippen LogP contribution in [0.1, 0.15) is 201 Å². The summed E-state index contributed by atoms with van der Waals surface area (Å²) in [6.45, 7) is 16.9. The Bertz CT molecular complexity index is 1540. The minimum absolute atomic E-state index is 0.118. The van der Waals surface area contributed by atoms with Crippen LogP contribution in [0.2, 0.25) is 0 Å². The average molecular weight is 1110 g/mol. The third-order valence-electron chi connectivity index (χ3n) is 13.7. The largest absolute Gasteiger partial charge is 0.508 e. The maximum Gasteiger partial charge on any atom is 0.303 e. The van der Waals surface area contributed by atoms with Gasteiger partial charge in [0.1, 0.15) is 30.2 Å². The van der Waals surface area contributed by atoms with Crippen LogP contribution in [0.3, 0.4) is 0 Å². The van der Waals surface area contributed by atoms with E-state index in [-0.39, 0.29) is 74.8 Å². The van der Waals surface area contributed by atoms with Crippen molar-refractivity contribution in [2.24, 2.45) is 0 Å². The Labute approximate surface area is 462 Å². The highest BCUT2D eigenvalue weighted by Crippen LogP contribution is 2.35. The highest BCUT2D eigenvalue weighted by molar-refractivity contribution is 5.66. The fraction of sp³-hybridized carbons (Fsp3) is 0.881. The summed E-state index contributed by atoms with van der Waals surface area (Å²) < 4.78 is 39.9. The molecule has 15 atom stereocenters. The lowest BCUT2D eigenvalue weighted by Gasteiger charge is -2.08. The molecule has 18 nitrogen and oxygen atoms in total. The fourth-order valence-electron chi connectivity index (χ4n) is 8.03. The number of aliphatic carboxylic acids is 1. The first-order valence-electron chi connectivity index (χ1n) is 29.7. The molecule has 0 radical (unpaired) electrons. The minimum atomic E-state index is -0.692. The van der Waals surface area contributed by atoms with E-state index in [0.717, 1.165) is 141 Å². The van der Waals surface area contributed by atoms with E-state index in [2.05, 4.69) is 25.5 Å². The molecule has 8 fully saturated rings. The second kappa shape index (κ2) is 43.6. The monoisotopic (exact) mass is 1100 g/mol. The third-order valence-corrected chi connectivity index (χ3v) is 13.7. The Morgan fingerprint density at radius 1 is 0.571 bits per heavy atom. The second-order valence-electron chi connectivity index (χ2n) is 21.5. The van der Waals surface area contributed by atoms with Gasteiger partial charge in [0.25, 0.3) is 0 Å². The third kappa shape index (κ3) is 42.4. The van der Waals surface area contributed by atoms with Gasteiger partial charge in [0.05, 0.1) is 107 Å². The summed E-state index contributed by atoms with van der Waals surface area (Å²) in [5.41, 5.74) is 0.905. The van der Waals surface area contributed by atoms with E-state index < -0.39 is 5.97 Å². The van der Waals surface area contributed by atoms with E-state index >= 15 is 0 Å². The number of ether oxygens (including phenoxy) is 8. The van der Waals surface area contributed by atoms with Crippen molar-refractivity contribution in [2.45, 2.75) is 281 Å². The van der Waals surface area contributed by atoms with Gasteiger partial charge in [-0.15, -0.1) is 0 Å². The number of hydrogen-bond acceptors (Lipinski definition) is 17. The van der Waals surface area contributed by atoms with Crippen molar-refractivity contribution in [1.29, 1.82) is 0 Å². The van der Waals surface area contributed by atoms with Crippen LogP contribution in [-0.4, -0.2) is 190 Å². The zero-order valence-corrected chi connectivity index (χ0v) is 48.1. The lowest BCUT2D eigenvalue weighted by molar-refractivity contribution is -0.137. The predicted octanol–water partition coefficient (Wildman–Crippen LogP) is 7.86. The van der Waals surface area contributed by atoms with E-state index in [4.69, 9.17) is 58.7 Å². The zero-order valence-electron chi connectivity index (χ0n) is 48.1. The van der Waals surface area contributed by atoms with Crippen molar-refractivity contribution in [3.05, 3.63) is 29.8 Å². The second-order valence-corrected chi connectivity index (χ2v) is 21.5. The number of aromatic hydroxyl groups is 1. The van der Waals surface area contributed by atoms with Crippen LogP contribution in [0.15, 0.2) is 24.3 Å². The number of epoxide rings is 8. The SMILES string of the molecule is CC(O)C1OC1C.CC1OC1CCO.CCCCC(O)CC1CO1.CCCCCC(O)C1CO1.CCCCCCC(O)CC1OC1CCCCCCCC(=O)O.OCC1CO1.OCCC1CO1.Oc1ccccc1C1CO1. The van der Waals surface area contributed by atoms with Crippen molar-refractivity contribution >= 4 is 5.97 Å². The molecule has 8 heterocycles. The summed E-state index contributed by atoms with van der Waals surface area (Å²) >= 11 is 0. The van der Waals surface area contributed by atoms with Crippen molar-refractivity contribution in [1.82, 2.24) is 0 Å². The number of rotatable bonds is 32. The summed E-state index contributed by atoms with van der Waals surface area (Å²) in [5, 5.41) is 79.7. The Hall–Kier alpha value is -2.11. The number of phenolic OH excluding ortho intramolecular Hbond substituents is 1. The summed E-state index contributed by atoms with van der Waals surface area (Å²) in [7, 11) is 0. The summed E-state index contributed by atoms with van der Waals surface area (Å²) in [5.74, 6) is -0.354. The van der Waals surface area contributed by atoms with E-state index in [0.29, 0.717) is 48.8 Å². The molecule has 15 unspecified atom stereocenters. The van der Waals surface area contributed by atoms with Crippen LogP contribution < -0.4 is 0 Å². The highest BCUT2D eigenvalue weighted by Gasteiger charge is 2.39. The quantitative estimate of drug-likeness (QED) is 0.0245. The van der Waals surface area contributed by atoms with Gasteiger partial charge < -0.3 is 83.9 Å². The first kappa shape index (κ1) is 71.0. The molecule has 0 saturated carbocycles. The number of carboxylic acids is 1. The van der Waals surface area contributed by atoms with Gasteiger partial charge in [-0.05, 0) is 71.8 Å². The number of carbonyl (C=O) groups is 1. The maximum atomic E-state index is 10.4. The lowest BCUT2D eigenvalue weighted by Crippen LogP contribution is -2.13. The Morgan fingerprint density at radius 3 is 1.55 bits per heavy atom. The lowest BCUT2D eigenvalue weighted by atomic mass is 10.0. The van der Waals surface area contributed by atoms with E-state index in [9.17, 15) is 25.2 Å². The molecule has 9 N–H and O–H groups in total. The molecule has 77 heavy (non-hydrogen) atoms. The van der Waals surface area contributed by atoms with Crippen LogP contribution in [-0.2, 0) is 42.7 Å². The molecular weight excluding hydrogens is 997 g/mol. The maximum absolute atomic E-state index is 10.4. The minimum Gasteiger partial charge on any atom is -0.508 e. The molecule has 1 aromatic carbocycles. The smallest absolute Gasteiger partial charge is 0.303 e. The van der Waals surface area contributed by atoms with E-state index in [1.807, 2.05) is 26.0 Å². The van der Waals surface area contributed by atoms with Crippen LogP contribution in [0.5, 0.6) is 5.75 Å². The van der Waals surface area contributed by atoms with Gasteiger partial charge in [0.15, 0.2) is 0 Å². The van der Waals surface area contributed by atoms with E-state index in [1.54, 1.807) is 19.1 Å². The first-order valence-corrected chi connectivity index (χ1v) is 29.7. The standard InChI is InChI=1S/C18H34O4.C8H8O2.2C8H16O2.2C5H10O2.C4H8O2.C3H6O2/c1-2-3-4-8-11-15(19)14-17-16(22-17)12-9-6-5-7-10-13-18(20)21;9-7-4-2-1-3-6(7)8-5-10-8;1-2-3-4-7(9)5-8-6-10-8;1-2-3-4-5-7(9)8-6-10-8;1-4-5(7-4)2-3-6;1-3(6)5-4(2)7-5;5-2-1-4-3-6-4;4-1-3-2-5-3/h15-17,19H,2-14H2,1H3,(H,20,21);1-4,8-9H,5H2;2*7-9H,2-6H2,1H3;4-6H,2-3H2,1H3;3-6H,1-2H3;4-5H,1-3H2;3-4H,1-2H2. The number of carboxylic acid groups (broad SMARTS) is 1. The number of phenols is 1. The van der Waals surface area contributed by atoms with Crippen molar-refractivity contribution in [3.8, 4) is 5.75 Å². The number of para-hydroxylation sites is 1. The van der Waals surface area contributed by atoms with Crippen LogP contribution in [0, 0.1) is 0 Å². The Morgan fingerprint density at radius 2 is 1.10 bits per heavy atom. The molecule has 8 saturated heterocycles. The summed E-state index contributed by atoms with van der Waals surface area (Å²) in [6, 6.07) is 7.27. The molecule has 0 bridgehead atoms. The number of unbranched alkanes of at least 4 members (excludes halogenated alkanes) is 10. The first-order chi connectivity index (χ1) is 37.1. The van der Waals surface area contributed by atoms with Crippen molar-refractivity contribution in [2.75, 3.05) is 52.9 Å². The molecule has 18 heteroatoms. The summed E-state index contributed by atoms with van der Waals surface area (Å²) in [6.07, 6.45) is 25.8. The van der Waals surface area contributed by atoms with Gasteiger partial charge in [0, 0.05) is 38.0 Å². The topological polar surface area (TPSA) is 299 Å². The average Bonchev–Trinajstić information content (AvgIpc) is 4.19. The zero-order chi connectivity index (χ0) is 56.8. The molecular formula is C59H108O18. The molecule has 0 aliphatic carbocycles. The van der Waals surface area contributed by atoms with Gasteiger partial charge in [0.2, 0.25) is 0 Å². The molecule has 452 valence electrons. The van der Waals surface area contributed by atoms with Crippen LogP contribution in [0.25, 0.3) is 0 Å². The van der Waals surface area contributed by atoms with Gasteiger partial charge in [-0.2, -0.15) is 0 Å². The molecule has 9 rings (SSSR count). The molecule has 1 aromatic rings. The number of aliphatic hydroxyl groups is 7. The predicted molar refractivity (Wildman–Crippen MR) is 295 cm³/mol. The van der Waals surface area contributed by atoms with Gasteiger partial charge >= 0.3 is 5.97 Å². The Kier molecular flexibility index (Phi) is 40.2.